The fourth-order valence-corrected chi connectivity index (χ4v) is 4.96. The predicted octanol–water partition coefficient (Wildman–Crippen LogP) is 0.293. The Kier molecular flexibility index (Phi) is 8.76. The number of hydrogen-bond acceptors (Lipinski definition) is 10. The van der Waals surface area contributed by atoms with Crippen molar-refractivity contribution in [3.05, 3.63) is 63.4 Å². The van der Waals surface area contributed by atoms with Gasteiger partial charge in [0.2, 0.25) is 0 Å². The Morgan fingerprint density at radius 2 is 1.97 bits per heavy atom. The number of esters is 1. The molecule has 3 rings (SSSR count). The topological polar surface area (TPSA) is 178 Å². The monoisotopic (exact) mass is 537 g/mol. The number of aliphatic hydroxyl groups is 2. The molecule has 2 aromatic rings. The number of aliphatic hydroxyl groups excluding tert-OH is 1. The molecule has 0 unspecified atom stereocenters. The van der Waals surface area contributed by atoms with Gasteiger partial charge in [0.15, 0.2) is 11.8 Å². The van der Waals surface area contributed by atoms with E-state index in [1.165, 1.54) is 19.1 Å². The lowest BCUT2D eigenvalue weighted by Gasteiger charge is -2.26. The smallest absolute Gasteiger partial charge is 0.459 e. The fourth-order valence-electron chi connectivity index (χ4n) is 3.46. The highest BCUT2D eigenvalue weighted by Crippen LogP contribution is 2.46. The van der Waals surface area contributed by atoms with Crippen LogP contribution in [0.5, 0.6) is 5.75 Å². The number of carbonyl (C=O) groups excluding carboxylic acids is 1. The number of carbonyl (C=O) groups is 1. The third-order valence-corrected chi connectivity index (χ3v) is 6.90. The molecule has 14 heteroatoms. The van der Waals surface area contributed by atoms with Crippen molar-refractivity contribution in [3.63, 3.8) is 0 Å². The zero-order chi connectivity index (χ0) is 27.4. The standard InChI is InChI=1S/C23H28N3O10P/c1-5-23(31)19(28)17(35-21(23)26-12-11-18(27)24-22(26)30)13-33-37(32,36-16-9-7-6-8-10-16)25-15(4)20(29)34-14(2)3/h1,6-12,14-15,17,19,21,28,31H,13H2,2-4H3,(H,25,32)(H,24,27,30)/t15-,17+,19+,21+,23+,37-/m0/s1. The van der Waals surface area contributed by atoms with E-state index in [-0.39, 0.29) is 5.75 Å². The number of aromatic nitrogens is 2. The van der Waals surface area contributed by atoms with Gasteiger partial charge in [-0.05, 0) is 32.9 Å². The van der Waals surface area contributed by atoms with E-state index in [2.05, 4.69) is 5.09 Å². The van der Waals surface area contributed by atoms with Crippen LogP contribution in [0.4, 0.5) is 0 Å². The normalized spacial score (nSPS) is 25.7. The van der Waals surface area contributed by atoms with Crippen molar-refractivity contribution in [2.75, 3.05) is 6.61 Å². The van der Waals surface area contributed by atoms with Crippen LogP contribution in [0.25, 0.3) is 0 Å². The lowest BCUT2D eigenvalue weighted by atomic mass is 9.95. The number of benzene rings is 1. The van der Waals surface area contributed by atoms with Crippen LogP contribution in [0.15, 0.2) is 52.2 Å². The van der Waals surface area contributed by atoms with E-state index in [0.29, 0.717) is 0 Å². The minimum Gasteiger partial charge on any atom is -0.462 e. The van der Waals surface area contributed by atoms with Crippen LogP contribution in [-0.4, -0.2) is 62.3 Å². The van der Waals surface area contributed by atoms with E-state index in [1.807, 2.05) is 10.9 Å². The maximum atomic E-state index is 13.6. The molecular formula is C23H28N3O10P. The van der Waals surface area contributed by atoms with Crippen molar-refractivity contribution in [1.29, 1.82) is 0 Å². The SMILES string of the molecule is C#C[C@@]1(O)[C@H](O)[C@@H](CO[P@@](=O)(N[C@@H](C)C(=O)OC(C)C)Oc2ccccc2)O[C@H]1n1ccc(=O)[nH]c1=O. The first kappa shape index (κ1) is 28.3. The van der Waals surface area contributed by atoms with Gasteiger partial charge in [-0.25, -0.2) is 9.36 Å². The zero-order valence-electron chi connectivity index (χ0n) is 20.3. The molecule has 200 valence electrons. The van der Waals surface area contributed by atoms with Gasteiger partial charge in [0.1, 0.15) is 24.0 Å². The van der Waals surface area contributed by atoms with E-state index >= 15 is 0 Å². The van der Waals surface area contributed by atoms with E-state index in [1.54, 1.807) is 32.0 Å². The highest BCUT2D eigenvalue weighted by Gasteiger charge is 2.56. The van der Waals surface area contributed by atoms with Crippen LogP contribution in [0.2, 0.25) is 0 Å². The van der Waals surface area contributed by atoms with E-state index in [4.69, 9.17) is 24.9 Å². The minimum absolute atomic E-state index is 0.147. The van der Waals surface area contributed by atoms with Crippen LogP contribution in [0.3, 0.4) is 0 Å². The molecule has 1 aliphatic rings. The molecule has 0 saturated carbocycles. The molecular weight excluding hydrogens is 509 g/mol. The first-order valence-electron chi connectivity index (χ1n) is 11.2. The molecule has 0 spiro atoms. The van der Waals surface area contributed by atoms with Crippen molar-refractivity contribution >= 4 is 13.7 Å². The highest BCUT2D eigenvalue weighted by molar-refractivity contribution is 7.52. The summed E-state index contributed by atoms with van der Waals surface area (Å²) in [6.07, 6.45) is 1.22. The van der Waals surface area contributed by atoms with Crippen LogP contribution in [0.1, 0.15) is 27.0 Å². The summed E-state index contributed by atoms with van der Waals surface area (Å²) in [5.74, 6) is 1.44. The number of terminal acetylenes is 1. The zero-order valence-corrected chi connectivity index (χ0v) is 21.2. The Hall–Kier alpha value is -3.24. The van der Waals surface area contributed by atoms with Crippen molar-refractivity contribution in [3.8, 4) is 18.1 Å². The molecule has 1 aromatic carbocycles. The number of ether oxygens (including phenoxy) is 2. The Bertz CT molecular complexity index is 1300. The van der Waals surface area contributed by atoms with Crippen LogP contribution < -0.4 is 20.9 Å². The molecule has 1 saturated heterocycles. The third-order valence-electron chi connectivity index (χ3n) is 5.25. The number of nitrogens with one attached hydrogen (secondary N) is 2. The molecule has 1 aliphatic heterocycles. The second-order valence-corrected chi connectivity index (χ2v) is 10.2. The van der Waals surface area contributed by atoms with Gasteiger partial charge in [-0.1, -0.05) is 24.1 Å². The Morgan fingerprint density at radius 3 is 2.57 bits per heavy atom. The number of rotatable bonds is 10. The summed E-state index contributed by atoms with van der Waals surface area (Å²) in [5, 5.41) is 24.1. The first-order valence-corrected chi connectivity index (χ1v) is 12.8. The third kappa shape index (κ3) is 6.56. The molecule has 13 nitrogen and oxygen atoms in total. The minimum atomic E-state index is -4.32. The second-order valence-electron chi connectivity index (χ2n) is 8.49. The largest absolute Gasteiger partial charge is 0.462 e. The Labute approximate surface area is 211 Å². The molecule has 1 aromatic heterocycles. The quantitative estimate of drug-likeness (QED) is 0.186. The average molecular weight is 537 g/mol. The lowest BCUT2D eigenvalue weighted by molar-refractivity contribution is -0.149. The summed E-state index contributed by atoms with van der Waals surface area (Å²) in [6.45, 7) is 4.04. The maximum Gasteiger partial charge on any atom is 0.459 e. The Morgan fingerprint density at radius 1 is 1.30 bits per heavy atom. The van der Waals surface area contributed by atoms with Crippen LogP contribution in [0, 0.1) is 12.3 Å². The van der Waals surface area contributed by atoms with Gasteiger partial charge >= 0.3 is 19.4 Å². The van der Waals surface area contributed by atoms with Gasteiger partial charge in [0.25, 0.3) is 5.56 Å². The number of hydrogen-bond donors (Lipinski definition) is 4. The summed E-state index contributed by atoms with van der Waals surface area (Å²) in [6, 6.07) is 7.84. The molecule has 37 heavy (non-hydrogen) atoms. The molecule has 2 heterocycles. The molecule has 0 bridgehead atoms. The predicted molar refractivity (Wildman–Crippen MR) is 129 cm³/mol. The maximum absolute atomic E-state index is 13.6. The summed E-state index contributed by atoms with van der Waals surface area (Å²) in [4.78, 5) is 37.9. The van der Waals surface area contributed by atoms with Crippen molar-refractivity contribution in [2.24, 2.45) is 0 Å². The number of para-hydroxylation sites is 1. The van der Waals surface area contributed by atoms with Gasteiger partial charge in [0.05, 0.1) is 12.7 Å². The lowest BCUT2D eigenvalue weighted by Crippen LogP contribution is -2.48. The van der Waals surface area contributed by atoms with Crippen LogP contribution >= 0.6 is 7.75 Å². The number of H-pyrrole nitrogens is 1. The summed E-state index contributed by atoms with van der Waals surface area (Å²) in [5.41, 5.74) is -4.06. The van der Waals surface area contributed by atoms with Gasteiger partial charge in [-0.15, -0.1) is 6.42 Å². The second kappa shape index (κ2) is 11.4. The molecule has 4 N–H and O–H groups in total. The summed E-state index contributed by atoms with van der Waals surface area (Å²) >= 11 is 0. The van der Waals surface area contributed by atoms with Gasteiger partial charge in [0, 0.05) is 12.3 Å². The molecule has 0 amide bonds. The van der Waals surface area contributed by atoms with Gasteiger partial charge in [-0.2, -0.15) is 5.09 Å². The van der Waals surface area contributed by atoms with Crippen molar-refractivity contribution in [1.82, 2.24) is 14.6 Å². The number of aromatic amines is 1. The summed E-state index contributed by atoms with van der Waals surface area (Å²) in [7, 11) is -4.32. The van der Waals surface area contributed by atoms with Crippen LogP contribution in [-0.2, 0) is 23.4 Å². The highest BCUT2D eigenvalue weighted by atomic mass is 31.2. The van der Waals surface area contributed by atoms with E-state index < -0.39 is 67.8 Å². The average Bonchev–Trinajstić information content (AvgIpc) is 3.08. The van der Waals surface area contributed by atoms with Gasteiger partial charge in [-0.3, -0.25) is 23.7 Å². The molecule has 0 radical (unpaired) electrons. The molecule has 6 atom stereocenters. The van der Waals surface area contributed by atoms with Crippen molar-refractivity contribution < 1.29 is 38.1 Å². The summed E-state index contributed by atoms with van der Waals surface area (Å²) < 4.78 is 36.2. The van der Waals surface area contributed by atoms with Gasteiger partial charge < -0.3 is 24.2 Å². The van der Waals surface area contributed by atoms with E-state index in [0.717, 1.165) is 16.8 Å². The molecule has 0 aliphatic carbocycles. The first-order chi connectivity index (χ1) is 17.4. The number of nitrogens with zero attached hydrogens (tertiary/aromatic N) is 1. The van der Waals surface area contributed by atoms with Crippen molar-refractivity contribution in [2.45, 2.75) is 57.0 Å². The molecule has 1 fully saturated rings. The fraction of sp³-hybridized carbons (Fsp3) is 0.435. The van der Waals surface area contributed by atoms with E-state index in [9.17, 15) is 29.2 Å². The Balaban J connectivity index is 1.84.